The minimum atomic E-state index is -0.372. The summed E-state index contributed by atoms with van der Waals surface area (Å²) < 4.78 is 14.4. The Hall–Kier alpha value is -1.42. The van der Waals surface area contributed by atoms with Crippen LogP contribution >= 0.6 is 15.9 Å². The molecule has 2 rings (SSSR count). The van der Waals surface area contributed by atoms with Crippen LogP contribution in [-0.2, 0) is 0 Å². The number of nitrogens with one attached hydrogen (secondary N) is 1. The van der Waals surface area contributed by atoms with Crippen molar-refractivity contribution >= 4 is 27.4 Å². The third-order valence-corrected chi connectivity index (χ3v) is 3.16. The molecule has 0 aliphatic rings. The Morgan fingerprint density at radius 3 is 2.28 bits per heavy atom. The highest BCUT2D eigenvalue weighted by Gasteiger charge is 2.09. The van der Waals surface area contributed by atoms with Gasteiger partial charge in [0.05, 0.1) is 0 Å². The highest BCUT2D eigenvalue weighted by molar-refractivity contribution is 9.10. The van der Waals surface area contributed by atoms with Gasteiger partial charge in [0.15, 0.2) is 11.6 Å². The van der Waals surface area contributed by atoms with Crippen molar-refractivity contribution in [3.05, 3.63) is 51.4 Å². The lowest BCUT2D eigenvalue weighted by atomic mass is 10.1. The number of pyridine rings is 1. The molecule has 0 bridgehead atoms. The fourth-order valence-electron chi connectivity index (χ4n) is 2.00. The molecule has 0 atom stereocenters. The van der Waals surface area contributed by atoms with Gasteiger partial charge in [-0.2, -0.15) is 0 Å². The molecule has 0 fully saturated rings. The van der Waals surface area contributed by atoms with Gasteiger partial charge in [-0.05, 0) is 53.9 Å². The van der Waals surface area contributed by atoms with E-state index in [2.05, 4.69) is 38.4 Å². The van der Waals surface area contributed by atoms with Gasteiger partial charge in [0, 0.05) is 16.4 Å². The van der Waals surface area contributed by atoms with Crippen LogP contribution in [0.25, 0.3) is 0 Å². The first-order chi connectivity index (χ1) is 8.47. The molecular weight excluding hydrogens is 295 g/mol. The zero-order valence-electron chi connectivity index (χ0n) is 10.5. The number of aromatic nitrogens is 1. The van der Waals surface area contributed by atoms with Gasteiger partial charge in [-0.1, -0.05) is 17.7 Å². The van der Waals surface area contributed by atoms with Crippen molar-refractivity contribution in [3.63, 3.8) is 0 Å². The largest absolute Gasteiger partial charge is 0.337 e. The molecule has 1 N–H and O–H groups in total. The summed E-state index contributed by atoms with van der Waals surface area (Å²) in [5.41, 5.74) is 4.27. The molecule has 0 radical (unpaired) electrons. The summed E-state index contributed by atoms with van der Waals surface area (Å²) in [7, 11) is 0. The number of rotatable bonds is 2. The van der Waals surface area contributed by atoms with Crippen LogP contribution in [0, 0.1) is 26.6 Å². The van der Waals surface area contributed by atoms with E-state index in [1.54, 1.807) is 6.20 Å². The molecule has 1 heterocycles. The minimum Gasteiger partial charge on any atom is -0.337 e. The van der Waals surface area contributed by atoms with Gasteiger partial charge in [-0.3, -0.25) is 0 Å². The monoisotopic (exact) mass is 308 g/mol. The lowest BCUT2D eigenvalue weighted by Crippen LogP contribution is -2.01. The summed E-state index contributed by atoms with van der Waals surface area (Å²) in [5.74, 6) is -0.128. The van der Waals surface area contributed by atoms with Crippen LogP contribution in [0.5, 0.6) is 0 Å². The SMILES string of the molecule is Cc1cc(C)c(Nc2ncc(Br)cc2F)c(C)c1. The lowest BCUT2D eigenvalue weighted by molar-refractivity contribution is 0.625. The summed E-state index contributed by atoms with van der Waals surface area (Å²) in [6.45, 7) is 6.04. The van der Waals surface area contributed by atoms with Crippen LogP contribution < -0.4 is 5.32 Å². The molecule has 2 aromatic rings. The standard InChI is InChI=1S/C14H14BrFN2/c1-8-4-9(2)13(10(3)5-8)18-14-12(16)6-11(15)7-17-14/h4-7H,1-3H3,(H,17,18). The Labute approximate surface area is 114 Å². The number of nitrogens with zero attached hydrogens (tertiary/aromatic N) is 1. The van der Waals surface area contributed by atoms with Crippen molar-refractivity contribution in [2.24, 2.45) is 0 Å². The Morgan fingerprint density at radius 1 is 1.11 bits per heavy atom. The maximum absolute atomic E-state index is 13.7. The van der Waals surface area contributed by atoms with E-state index in [1.165, 1.54) is 11.6 Å². The van der Waals surface area contributed by atoms with Crippen LogP contribution in [0.1, 0.15) is 16.7 Å². The van der Waals surface area contributed by atoms with Gasteiger partial charge in [-0.15, -0.1) is 0 Å². The van der Waals surface area contributed by atoms with Crippen molar-refractivity contribution in [1.29, 1.82) is 0 Å². The van der Waals surface area contributed by atoms with Crippen LogP contribution in [0.15, 0.2) is 28.9 Å². The predicted octanol–water partition coefficient (Wildman–Crippen LogP) is 4.65. The maximum Gasteiger partial charge on any atom is 0.166 e. The molecule has 0 aliphatic heterocycles. The number of hydrogen-bond donors (Lipinski definition) is 1. The molecule has 0 aliphatic carbocycles. The summed E-state index contributed by atoms with van der Waals surface area (Å²) in [6, 6.07) is 5.52. The predicted molar refractivity (Wildman–Crippen MR) is 75.8 cm³/mol. The molecule has 94 valence electrons. The van der Waals surface area contributed by atoms with Gasteiger partial charge in [0.2, 0.25) is 0 Å². The van der Waals surface area contributed by atoms with Crippen molar-refractivity contribution < 1.29 is 4.39 Å². The van der Waals surface area contributed by atoms with Gasteiger partial charge in [0.25, 0.3) is 0 Å². The van der Waals surface area contributed by atoms with Crippen LogP contribution in [-0.4, -0.2) is 4.98 Å². The smallest absolute Gasteiger partial charge is 0.166 e. The zero-order valence-corrected chi connectivity index (χ0v) is 12.1. The van der Waals surface area contributed by atoms with Crippen LogP contribution in [0.2, 0.25) is 0 Å². The zero-order chi connectivity index (χ0) is 13.3. The van der Waals surface area contributed by atoms with E-state index in [1.807, 2.05) is 20.8 Å². The quantitative estimate of drug-likeness (QED) is 0.873. The van der Waals surface area contributed by atoms with Gasteiger partial charge < -0.3 is 5.32 Å². The third kappa shape index (κ3) is 2.70. The fraction of sp³-hybridized carbons (Fsp3) is 0.214. The first kappa shape index (κ1) is 13.0. The summed E-state index contributed by atoms with van der Waals surface area (Å²) in [4.78, 5) is 4.04. The number of halogens is 2. The number of anilines is 2. The van der Waals surface area contributed by atoms with Gasteiger partial charge >= 0.3 is 0 Å². The van der Waals surface area contributed by atoms with E-state index in [9.17, 15) is 4.39 Å². The molecular formula is C14H14BrFN2. The first-order valence-electron chi connectivity index (χ1n) is 5.63. The molecule has 0 amide bonds. The Bertz CT molecular complexity index is 573. The Balaban J connectivity index is 2.40. The second kappa shape index (κ2) is 5.06. The van der Waals surface area contributed by atoms with E-state index in [4.69, 9.17) is 0 Å². The molecule has 0 unspecified atom stereocenters. The second-order valence-corrected chi connectivity index (χ2v) is 5.30. The van der Waals surface area contributed by atoms with Crippen molar-refractivity contribution in [2.75, 3.05) is 5.32 Å². The average molecular weight is 309 g/mol. The highest BCUT2D eigenvalue weighted by Crippen LogP contribution is 2.26. The molecule has 0 saturated heterocycles. The summed E-state index contributed by atoms with van der Waals surface area (Å²) in [5, 5.41) is 3.06. The van der Waals surface area contributed by atoms with E-state index in [-0.39, 0.29) is 11.6 Å². The molecule has 4 heteroatoms. The molecule has 0 saturated carbocycles. The van der Waals surface area contributed by atoms with Crippen molar-refractivity contribution in [3.8, 4) is 0 Å². The van der Waals surface area contributed by atoms with E-state index >= 15 is 0 Å². The minimum absolute atomic E-state index is 0.244. The van der Waals surface area contributed by atoms with Crippen molar-refractivity contribution in [2.45, 2.75) is 20.8 Å². The summed E-state index contributed by atoms with van der Waals surface area (Å²) >= 11 is 3.19. The third-order valence-electron chi connectivity index (χ3n) is 2.73. The number of aryl methyl sites for hydroxylation is 3. The van der Waals surface area contributed by atoms with Gasteiger partial charge in [-0.25, -0.2) is 9.37 Å². The molecule has 2 nitrogen and oxygen atoms in total. The average Bonchev–Trinajstić information content (AvgIpc) is 2.25. The van der Waals surface area contributed by atoms with Gasteiger partial charge in [0.1, 0.15) is 0 Å². The van der Waals surface area contributed by atoms with Crippen molar-refractivity contribution in [1.82, 2.24) is 4.98 Å². The Morgan fingerprint density at radius 2 is 1.72 bits per heavy atom. The van der Waals surface area contributed by atoms with Crippen LogP contribution in [0.4, 0.5) is 15.9 Å². The number of benzene rings is 1. The van der Waals surface area contributed by atoms with Crippen LogP contribution in [0.3, 0.4) is 0 Å². The fourth-order valence-corrected chi connectivity index (χ4v) is 2.31. The van der Waals surface area contributed by atoms with E-state index < -0.39 is 0 Å². The summed E-state index contributed by atoms with van der Waals surface area (Å²) in [6.07, 6.45) is 1.57. The first-order valence-corrected chi connectivity index (χ1v) is 6.42. The molecule has 1 aromatic carbocycles. The topological polar surface area (TPSA) is 24.9 Å². The molecule has 0 spiro atoms. The number of hydrogen-bond acceptors (Lipinski definition) is 2. The second-order valence-electron chi connectivity index (χ2n) is 4.38. The highest BCUT2D eigenvalue weighted by atomic mass is 79.9. The Kier molecular flexibility index (Phi) is 3.66. The molecule has 1 aromatic heterocycles. The maximum atomic E-state index is 13.7. The van der Waals surface area contributed by atoms with E-state index in [0.717, 1.165) is 16.8 Å². The lowest BCUT2D eigenvalue weighted by Gasteiger charge is -2.13. The van der Waals surface area contributed by atoms with E-state index in [0.29, 0.717) is 4.47 Å². The normalized spacial score (nSPS) is 10.5. The molecule has 18 heavy (non-hydrogen) atoms.